The van der Waals surface area contributed by atoms with Gasteiger partial charge in [-0.2, -0.15) is 21.6 Å². The molecule has 4 nitrogen and oxygen atoms in total. The van der Waals surface area contributed by atoms with Crippen LogP contribution in [0.15, 0.2) is 48.5 Å². The van der Waals surface area contributed by atoms with Crippen LogP contribution >= 0.6 is 0 Å². The van der Waals surface area contributed by atoms with Gasteiger partial charge in [-0.05, 0) is 35.4 Å². The first-order chi connectivity index (χ1) is 10.6. The standard InChI is InChI=1S/C15H15F3N2O2S/c1-19-23(21,22)20(2)14-9-5-12(6-10-14)11-3-7-13(8-4-11)15(16,17)18/h3-10,19H,1-2H3. The molecule has 0 heterocycles. The highest BCUT2D eigenvalue weighted by Gasteiger charge is 2.29. The van der Waals surface area contributed by atoms with Crippen molar-refractivity contribution in [2.24, 2.45) is 0 Å². The van der Waals surface area contributed by atoms with E-state index in [1.54, 1.807) is 24.3 Å². The van der Waals surface area contributed by atoms with E-state index in [0.717, 1.165) is 16.4 Å². The number of nitrogens with zero attached hydrogens (tertiary/aromatic N) is 1. The van der Waals surface area contributed by atoms with Crippen LogP contribution in [0.1, 0.15) is 5.56 Å². The Kier molecular flexibility index (Phi) is 4.67. The number of rotatable bonds is 4. The summed E-state index contributed by atoms with van der Waals surface area (Å²) in [6.45, 7) is 0. The van der Waals surface area contributed by atoms with Crippen LogP contribution in [-0.2, 0) is 16.4 Å². The van der Waals surface area contributed by atoms with Gasteiger partial charge in [-0.1, -0.05) is 24.3 Å². The van der Waals surface area contributed by atoms with Gasteiger partial charge in [-0.15, -0.1) is 0 Å². The zero-order valence-corrected chi connectivity index (χ0v) is 13.2. The minimum absolute atomic E-state index is 0.440. The fraction of sp³-hybridized carbons (Fsp3) is 0.200. The molecule has 1 N–H and O–H groups in total. The quantitative estimate of drug-likeness (QED) is 0.925. The highest BCUT2D eigenvalue weighted by atomic mass is 32.2. The Morgan fingerprint density at radius 2 is 1.35 bits per heavy atom. The highest BCUT2D eigenvalue weighted by molar-refractivity contribution is 7.90. The summed E-state index contributed by atoms with van der Waals surface area (Å²) >= 11 is 0. The zero-order valence-electron chi connectivity index (χ0n) is 12.4. The van der Waals surface area contributed by atoms with Gasteiger partial charge in [0.15, 0.2) is 0 Å². The van der Waals surface area contributed by atoms with Crippen molar-refractivity contribution < 1.29 is 21.6 Å². The Morgan fingerprint density at radius 1 is 0.913 bits per heavy atom. The topological polar surface area (TPSA) is 49.4 Å². The molecule has 0 unspecified atom stereocenters. The average molecular weight is 344 g/mol. The first kappa shape index (κ1) is 17.3. The number of alkyl halides is 3. The van der Waals surface area contributed by atoms with Crippen LogP contribution in [-0.4, -0.2) is 22.5 Å². The molecule has 0 aliphatic carbocycles. The first-order valence-electron chi connectivity index (χ1n) is 6.60. The van der Waals surface area contributed by atoms with Crippen LogP contribution in [0, 0.1) is 0 Å². The molecule has 0 fully saturated rings. The molecule has 0 bridgehead atoms. The van der Waals surface area contributed by atoms with Gasteiger partial charge in [-0.3, -0.25) is 4.31 Å². The third-order valence-corrected chi connectivity index (χ3v) is 4.84. The molecule has 0 saturated carbocycles. The zero-order chi connectivity index (χ0) is 17.3. The summed E-state index contributed by atoms with van der Waals surface area (Å²) in [7, 11) is -0.883. The number of hydrogen-bond acceptors (Lipinski definition) is 2. The van der Waals surface area contributed by atoms with Gasteiger partial charge >= 0.3 is 16.4 Å². The second kappa shape index (κ2) is 6.21. The predicted molar refractivity (Wildman–Crippen MR) is 83.3 cm³/mol. The van der Waals surface area contributed by atoms with Crippen LogP contribution in [0.4, 0.5) is 18.9 Å². The van der Waals surface area contributed by atoms with Gasteiger partial charge < -0.3 is 0 Å². The van der Waals surface area contributed by atoms with E-state index in [4.69, 9.17) is 0 Å². The fourth-order valence-electron chi connectivity index (χ4n) is 1.99. The molecule has 23 heavy (non-hydrogen) atoms. The van der Waals surface area contributed by atoms with E-state index in [-0.39, 0.29) is 0 Å². The minimum Gasteiger partial charge on any atom is -0.261 e. The molecule has 2 rings (SSSR count). The molecule has 8 heteroatoms. The Morgan fingerprint density at radius 3 is 1.74 bits per heavy atom. The lowest BCUT2D eigenvalue weighted by Crippen LogP contribution is -2.35. The lowest BCUT2D eigenvalue weighted by Gasteiger charge is -2.18. The molecule has 124 valence electrons. The summed E-state index contributed by atoms with van der Waals surface area (Å²) in [5, 5.41) is 0. The minimum atomic E-state index is -4.37. The van der Waals surface area contributed by atoms with E-state index in [2.05, 4.69) is 4.72 Å². The van der Waals surface area contributed by atoms with E-state index in [1.807, 2.05) is 0 Å². The average Bonchev–Trinajstić information content (AvgIpc) is 2.53. The molecule has 0 aliphatic heterocycles. The Hall–Kier alpha value is -2.06. The number of benzene rings is 2. The summed E-state index contributed by atoms with van der Waals surface area (Å²) in [4.78, 5) is 0. The SMILES string of the molecule is CNS(=O)(=O)N(C)c1ccc(-c2ccc(C(F)(F)F)cc2)cc1. The normalized spacial score (nSPS) is 12.2. The van der Waals surface area contributed by atoms with Gasteiger partial charge in [0.2, 0.25) is 0 Å². The van der Waals surface area contributed by atoms with E-state index >= 15 is 0 Å². The number of hydrogen-bond donors (Lipinski definition) is 1. The van der Waals surface area contributed by atoms with Gasteiger partial charge in [0, 0.05) is 14.1 Å². The molecule has 0 spiro atoms. The number of anilines is 1. The van der Waals surface area contributed by atoms with Crippen molar-refractivity contribution in [3.8, 4) is 11.1 Å². The Labute approximate surface area is 132 Å². The van der Waals surface area contributed by atoms with Crippen LogP contribution in [0.25, 0.3) is 11.1 Å². The van der Waals surface area contributed by atoms with Crippen molar-refractivity contribution in [3.63, 3.8) is 0 Å². The van der Waals surface area contributed by atoms with Gasteiger partial charge in [0.25, 0.3) is 0 Å². The van der Waals surface area contributed by atoms with E-state index in [9.17, 15) is 21.6 Å². The van der Waals surface area contributed by atoms with E-state index in [0.29, 0.717) is 16.8 Å². The summed E-state index contributed by atoms with van der Waals surface area (Å²) in [5.74, 6) is 0. The third-order valence-electron chi connectivity index (χ3n) is 3.39. The fourth-order valence-corrected chi connectivity index (χ4v) is 2.66. The van der Waals surface area contributed by atoms with E-state index in [1.165, 1.54) is 26.2 Å². The lowest BCUT2D eigenvalue weighted by atomic mass is 10.0. The van der Waals surface area contributed by atoms with Crippen LogP contribution in [0.3, 0.4) is 0 Å². The molecule has 0 saturated heterocycles. The van der Waals surface area contributed by atoms with Gasteiger partial charge in [0.05, 0.1) is 11.3 Å². The third kappa shape index (κ3) is 3.83. The maximum atomic E-state index is 12.5. The molecular weight excluding hydrogens is 329 g/mol. The summed E-state index contributed by atoms with van der Waals surface area (Å²) < 4.78 is 64.3. The van der Waals surface area contributed by atoms with Crippen LogP contribution < -0.4 is 9.03 Å². The first-order valence-corrected chi connectivity index (χ1v) is 8.04. The summed E-state index contributed by atoms with van der Waals surface area (Å²) in [6.07, 6.45) is -4.37. The summed E-state index contributed by atoms with van der Waals surface area (Å²) in [5.41, 5.74) is 1.04. The molecule has 0 atom stereocenters. The molecule has 0 aromatic heterocycles. The number of nitrogens with one attached hydrogen (secondary N) is 1. The summed E-state index contributed by atoms with van der Waals surface area (Å²) in [6, 6.07) is 11.3. The molecule has 0 aliphatic rings. The maximum Gasteiger partial charge on any atom is 0.416 e. The van der Waals surface area contributed by atoms with Crippen LogP contribution in [0.5, 0.6) is 0 Å². The molecular formula is C15H15F3N2O2S. The molecule has 0 radical (unpaired) electrons. The number of halogens is 3. The Balaban J connectivity index is 2.26. The van der Waals surface area contributed by atoms with Gasteiger partial charge in [-0.25, -0.2) is 4.72 Å². The van der Waals surface area contributed by atoms with Crippen molar-refractivity contribution in [1.82, 2.24) is 4.72 Å². The van der Waals surface area contributed by atoms with Crippen molar-refractivity contribution in [3.05, 3.63) is 54.1 Å². The van der Waals surface area contributed by atoms with Crippen molar-refractivity contribution in [2.75, 3.05) is 18.4 Å². The van der Waals surface area contributed by atoms with Crippen LogP contribution in [0.2, 0.25) is 0 Å². The maximum absolute atomic E-state index is 12.5. The lowest BCUT2D eigenvalue weighted by molar-refractivity contribution is -0.137. The van der Waals surface area contributed by atoms with E-state index < -0.39 is 21.9 Å². The molecule has 0 amide bonds. The monoisotopic (exact) mass is 344 g/mol. The van der Waals surface area contributed by atoms with Crippen molar-refractivity contribution in [2.45, 2.75) is 6.18 Å². The van der Waals surface area contributed by atoms with Gasteiger partial charge in [0.1, 0.15) is 0 Å². The highest BCUT2D eigenvalue weighted by Crippen LogP contribution is 2.31. The smallest absolute Gasteiger partial charge is 0.261 e. The van der Waals surface area contributed by atoms with Crippen molar-refractivity contribution >= 4 is 15.9 Å². The second-order valence-electron chi connectivity index (χ2n) is 4.80. The molecule has 2 aromatic carbocycles. The molecule has 2 aromatic rings. The largest absolute Gasteiger partial charge is 0.416 e. The second-order valence-corrected chi connectivity index (χ2v) is 6.70. The van der Waals surface area contributed by atoms with Crippen molar-refractivity contribution in [1.29, 1.82) is 0 Å². The Bertz CT molecular complexity index is 770. The predicted octanol–water partition coefficient (Wildman–Crippen LogP) is 3.27.